The van der Waals surface area contributed by atoms with Crippen molar-refractivity contribution in [3.8, 4) is 0 Å². The van der Waals surface area contributed by atoms with Gasteiger partial charge in [0.2, 0.25) is 0 Å². The second-order valence-corrected chi connectivity index (χ2v) is 6.33. The summed E-state index contributed by atoms with van der Waals surface area (Å²) in [5.41, 5.74) is 5.77. The number of hydrogen-bond acceptors (Lipinski definition) is 4. The van der Waals surface area contributed by atoms with E-state index in [1.165, 1.54) is 0 Å². The van der Waals surface area contributed by atoms with Gasteiger partial charge in [0.25, 0.3) is 0 Å². The lowest BCUT2D eigenvalue weighted by atomic mass is 10.2. The van der Waals surface area contributed by atoms with Crippen LogP contribution in [0.4, 0.5) is 0 Å². The molecule has 0 bridgehead atoms. The molecule has 0 aromatic carbocycles. The van der Waals surface area contributed by atoms with E-state index in [1.54, 1.807) is 0 Å². The first-order valence-electron chi connectivity index (χ1n) is 4.77. The zero-order valence-electron chi connectivity index (χ0n) is 7.65. The van der Waals surface area contributed by atoms with Crippen LogP contribution in [0.2, 0.25) is 0 Å². The second kappa shape index (κ2) is 3.22. The van der Waals surface area contributed by atoms with Crippen LogP contribution in [0.3, 0.4) is 0 Å². The highest BCUT2D eigenvalue weighted by molar-refractivity contribution is 7.91. The van der Waals surface area contributed by atoms with Gasteiger partial charge in [-0.1, -0.05) is 0 Å². The quantitative estimate of drug-likeness (QED) is 0.608. The lowest BCUT2D eigenvalue weighted by Gasteiger charge is -2.21. The molecule has 2 aliphatic heterocycles. The molecule has 2 atom stereocenters. The van der Waals surface area contributed by atoms with Crippen molar-refractivity contribution in [2.45, 2.75) is 24.9 Å². The van der Waals surface area contributed by atoms with Gasteiger partial charge >= 0.3 is 0 Å². The highest BCUT2D eigenvalue weighted by Gasteiger charge is 2.34. The minimum absolute atomic E-state index is 0.249. The molecule has 2 rings (SSSR count). The Morgan fingerprint density at radius 1 is 1.31 bits per heavy atom. The maximum atomic E-state index is 11.2. The van der Waals surface area contributed by atoms with Gasteiger partial charge in [-0.3, -0.25) is 4.90 Å². The van der Waals surface area contributed by atoms with Crippen molar-refractivity contribution in [2.75, 3.05) is 24.6 Å². The van der Waals surface area contributed by atoms with Crippen molar-refractivity contribution in [1.82, 2.24) is 4.90 Å². The Bertz CT molecular complexity index is 289. The fourth-order valence-corrected chi connectivity index (χ4v) is 3.97. The van der Waals surface area contributed by atoms with Crippen molar-refractivity contribution in [3.63, 3.8) is 0 Å². The number of hydrogen-bond donors (Lipinski definition) is 1. The summed E-state index contributed by atoms with van der Waals surface area (Å²) in [6, 6.07) is 0.502. The number of rotatable bonds is 1. The van der Waals surface area contributed by atoms with Gasteiger partial charge in [-0.2, -0.15) is 0 Å². The molecule has 76 valence electrons. The summed E-state index contributed by atoms with van der Waals surface area (Å²) in [7, 11) is -2.73. The van der Waals surface area contributed by atoms with Gasteiger partial charge in [0, 0.05) is 25.2 Å². The van der Waals surface area contributed by atoms with Crippen molar-refractivity contribution < 1.29 is 8.42 Å². The van der Waals surface area contributed by atoms with E-state index in [4.69, 9.17) is 5.73 Å². The largest absolute Gasteiger partial charge is 0.326 e. The fourth-order valence-electron chi connectivity index (χ4n) is 2.21. The van der Waals surface area contributed by atoms with E-state index in [0.717, 1.165) is 25.9 Å². The number of likely N-dealkylation sites (tertiary alicyclic amines) is 1. The molecular weight excluding hydrogens is 188 g/mol. The standard InChI is InChI=1S/C8H16N2O2S/c9-7-1-3-10(5-7)8-2-4-13(11,12)6-8/h7-8H,1-6,9H2/t7-,8+/m0/s1. The third-order valence-electron chi connectivity index (χ3n) is 2.98. The highest BCUT2D eigenvalue weighted by Crippen LogP contribution is 2.21. The van der Waals surface area contributed by atoms with Gasteiger partial charge in [-0.05, 0) is 12.8 Å². The third-order valence-corrected chi connectivity index (χ3v) is 4.73. The molecule has 2 saturated heterocycles. The van der Waals surface area contributed by atoms with Crippen LogP contribution in [0.15, 0.2) is 0 Å². The molecule has 0 amide bonds. The maximum absolute atomic E-state index is 11.2. The Morgan fingerprint density at radius 2 is 2.08 bits per heavy atom. The molecule has 0 aromatic rings. The first-order chi connectivity index (χ1) is 6.07. The first-order valence-corrected chi connectivity index (χ1v) is 6.59. The predicted octanol–water partition coefficient (Wildman–Crippen LogP) is -0.793. The van der Waals surface area contributed by atoms with Crippen molar-refractivity contribution >= 4 is 9.84 Å². The number of nitrogens with two attached hydrogens (primary N) is 1. The lowest BCUT2D eigenvalue weighted by molar-refractivity contribution is 0.260. The van der Waals surface area contributed by atoms with E-state index in [0.29, 0.717) is 11.5 Å². The molecule has 5 heteroatoms. The minimum atomic E-state index is -2.73. The fraction of sp³-hybridized carbons (Fsp3) is 1.00. The summed E-state index contributed by atoms with van der Waals surface area (Å²) < 4.78 is 22.4. The Hall–Kier alpha value is -0.130. The zero-order chi connectivity index (χ0) is 9.47. The molecule has 0 radical (unpaired) electrons. The van der Waals surface area contributed by atoms with Crippen LogP contribution < -0.4 is 5.73 Å². The summed E-state index contributed by atoms with van der Waals surface area (Å²) >= 11 is 0. The first kappa shape index (κ1) is 9.43. The second-order valence-electron chi connectivity index (χ2n) is 4.10. The minimum Gasteiger partial charge on any atom is -0.326 e. The molecule has 13 heavy (non-hydrogen) atoms. The van der Waals surface area contributed by atoms with E-state index in [2.05, 4.69) is 4.90 Å². The average Bonchev–Trinajstić information content (AvgIpc) is 2.56. The molecule has 0 aromatic heterocycles. The molecule has 4 nitrogen and oxygen atoms in total. The van der Waals surface area contributed by atoms with Crippen LogP contribution in [0.5, 0.6) is 0 Å². The summed E-state index contributed by atoms with van der Waals surface area (Å²) in [5.74, 6) is 0.711. The van der Waals surface area contributed by atoms with Gasteiger partial charge in [0.15, 0.2) is 9.84 Å². The van der Waals surface area contributed by atoms with Crippen LogP contribution in [0.1, 0.15) is 12.8 Å². The average molecular weight is 204 g/mol. The molecule has 2 N–H and O–H groups in total. The third kappa shape index (κ3) is 2.03. The Morgan fingerprint density at radius 3 is 2.54 bits per heavy atom. The van der Waals surface area contributed by atoms with Crippen LogP contribution in [-0.2, 0) is 9.84 Å². The van der Waals surface area contributed by atoms with Gasteiger partial charge in [-0.15, -0.1) is 0 Å². The van der Waals surface area contributed by atoms with Crippen LogP contribution in [0, 0.1) is 0 Å². The molecule has 0 unspecified atom stereocenters. The summed E-state index contributed by atoms with van der Waals surface area (Å²) in [5, 5.41) is 0. The molecule has 2 fully saturated rings. The van der Waals surface area contributed by atoms with Gasteiger partial charge in [-0.25, -0.2) is 8.42 Å². The normalized spacial score (nSPS) is 39.8. The Kier molecular flexibility index (Phi) is 2.33. The summed E-state index contributed by atoms with van der Waals surface area (Å²) in [6.45, 7) is 1.85. The number of nitrogens with zero attached hydrogens (tertiary/aromatic N) is 1. The molecule has 0 aliphatic carbocycles. The van der Waals surface area contributed by atoms with Gasteiger partial charge in [0.1, 0.15) is 0 Å². The van der Waals surface area contributed by atoms with Crippen molar-refractivity contribution in [1.29, 1.82) is 0 Å². The molecular formula is C8H16N2O2S. The van der Waals surface area contributed by atoms with Crippen LogP contribution >= 0.6 is 0 Å². The van der Waals surface area contributed by atoms with Gasteiger partial charge < -0.3 is 5.73 Å². The van der Waals surface area contributed by atoms with Crippen molar-refractivity contribution in [2.24, 2.45) is 5.73 Å². The monoisotopic (exact) mass is 204 g/mol. The summed E-state index contributed by atoms with van der Waals surface area (Å²) in [6.07, 6.45) is 1.81. The Balaban J connectivity index is 1.97. The number of sulfone groups is 1. The van der Waals surface area contributed by atoms with Crippen molar-refractivity contribution in [3.05, 3.63) is 0 Å². The smallest absolute Gasteiger partial charge is 0.151 e. The topological polar surface area (TPSA) is 63.4 Å². The molecule has 0 spiro atoms. The molecule has 0 saturated carbocycles. The predicted molar refractivity (Wildman–Crippen MR) is 51.2 cm³/mol. The van der Waals surface area contributed by atoms with E-state index in [-0.39, 0.29) is 12.1 Å². The van der Waals surface area contributed by atoms with E-state index >= 15 is 0 Å². The molecule has 2 heterocycles. The lowest BCUT2D eigenvalue weighted by Crippen LogP contribution is -2.36. The summed E-state index contributed by atoms with van der Waals surface area (Å²) in [4.78, 5) is 2.23. The van der Waals surface area contributed by atoms with E-state index < -0.39 is 9.84 Å². The van der Waals surface area contributed by atoms with Gasteiger partial charge in [0.05, 0.1) is 11.5 Å². The maximum Gasteiger partial charge on any atom is 0.151 e. The van der Waals surface area contributed by atoms with E-state index in [1.807, 2.05) is 0 Å². The zero-order valence-corrected chi connectivity index (χ0v) is 8.46. The van der Waals surface area contributed by atoms with Crippen LogP contribution in [0.25, 0.3) is 0 Å². The van der Waals surface area contributed by atoms with E-state index in [9.17, 15) is 8.42 Å². The Labute approximate surface area is 79.0 Å². The highest BCUT2D eigenvalue weighted by atomic mass is 32.2. The molecule has 2 aliphatic rings. The SMILES string of the molecule is N[C@H]1CCN([C@@H]2CCS(=O)(=O)C2)C1. The van der Waals surface area contributed by atoms with Crippen LogP contribution in [-0.4, -0.2) is 50.0 Å².